The number of para-hydroxylation sites is 1. The van der Waals surface area contributed by atoms with E-state index < -0.39 is 0 Å². The second kappa shape index (κ2) is 7.98. The van der Waals surface area contributed by atoms with Crippen LogP contribution in [0.5, 0.6) is 0 Å². The highest BCUT2D eigenvalue weighted by Crippen LogP contribution is 2.28. The lowest BCUT2D eigenvalue weighted by molar-refractivity contribution is -0.117. The van der Waals surface area contributed by atoms with Gasteiger partial charge >= 0.3 is 0 Å². The van der Waals surface area contributed by atoms with Crippen molar-refractivity contribution in [1.29, 1.82) is 0 Å². The first kappa shape index (κ1) is 18.4. The van der Waals surface area contributed by atoms with Gasteiger partial charge in [-0.2, -0.15) is 0 Å². The molecule has 0 bridgehead atoms. The van der Waals surface area contributed by atoms with Crippen LogP contribution in [0.1, 0.15) is 19.8 Å². The fourth-order valence-electron chi connectivity index (χ4n) is 3.90. The lowest BCUT2D eigenvalue weighted by Gasteiger charge is -2.30. The van der Waals surface area contributed by atoms with E-state index in [1.807, 2.05) is 42.5 Å². The van der Waals surface area contributed by atoms with Gasteiger partial charge in [0, 0.05) is 6.54 Å². The largest absolute Gasteiger partial charge is 0.439 e. The van der Waals surface area contributed by atoms with Crippen LogP contribution in [0, 0.1) is 5.92 Å². The van der Waals surface area contributed by atoms with Gasteiger partial charge in [-0.05, 0) is 43.0 Å². The van der Waals surface area contributed by atoms with E-state index in [4.69, 9.17) is 4.42 Å². The minimum absolute atomic E-state index is 0.144. The lowest BCUT2D eigenvalue weighted by Crippen LogP contribution is -2.39. The molecule has 2 aromatic carbocycles. The summed E-state index contributed by atoms with van der Waals surface area (Å²) in [5.41, 5.74) is 1.44. The summed E-state index contributed by atoms with van der Waals surface area (Å²) in [5, 5.41) is 3.36. The Hall–Kier alpha value is -2.92. The lowest BCUT2D eigenvalue weighted by atomic mass is 10.0. The van der Waals surface area contributed by atoms with Crippen LogP contribution in [0.3, 0.4) is 0 Å². The van der Waals surface area contributed by atoms with Crippen molar-refractivity contribution in [3.8, 4) is 11.1 Å². The Morgan fingerprint density at radius 1 is 1.14 bits per heavy atom. The molecule has 28 heavy (non-hydrogen) atoms. The molecule has 1 saturated heterocycles. The number of hydrogen-bond donors (Lipinski definition) is 1. The summed E-state index contributed by atoms with van der Waals surface area (Å²) in [6, 6.07) is 16.4. The molecule has 0 aliphatic carbocycles. The average molecular weight is 376 g/mol. The molecular weight excluding hydrogens is 352 g/mol. The van der Waals surface area contributed by atoms with Crippen LogP contribution in [0.15, 0.2) is 63.8 Å². The number of anilines is 1. The highest BCUT2D eigenvalue weighted by molar-refractivity contribution is 5.97. The van der Waals surface area contributed by atoms with Crippen LogP contribution in [-0.2, 0) is 4.79 Å². The molecule has 1 aliphatic heterocycles. The summed E-state index contributed by atoms with van der Waals surface area (Å²) in [5.74, 6) is 0.648. The smallest absolute Gasteiger partial charge is 0.240 e. The molecular formula is C23H24N2O3. The van der Waals surface area contributed by atoms with Crippen molar-refractivity contribution in [2.75, 3.05) is 25.0 Å². The van der Waals surface area contributed by atoms with Gasteiger partial charge in [-0.1, -0.05) is 49.4 Å². The normalized spacial score (nSPS) is 17.5. The molecule has 3 aromatic rings. The van der Waals surface area contributed by atoms with Crippen molar-refractivity contribution in [3.63, 3.8) is 0 Å². The molecule has 1 aliphatic rings. The van der Waals surface area contributed by atoms with Crippen molar-refractivity contribution < 1.29 is 9.21 Å². The quantitative estimate of drug-likeness (QED) is 0.744. The summed E-state index contributed by atoms with van der Waals surface area (Å²) in [4.78, 5) is 28.0. The minimum atomic E-state index is -0.162. The SMILES string of the molecule is CC1CCCN(CC(=O)Nc2oc3ccccc3c(=O)c2-c2ccccc2)C1. The summed E-state index contributed by atoms with van der Waals surface area (Å²) in [6.45, 7) is 4.35. The first-order valence-electron chi connectivity index (χ1n) is 9.75. The van der Waals surface area contributed by atoms with Crippen LogP contribution in [-0.4, -0.2) is 30.4 Å². The van der Waals surface area contributed by atoms with E-state index in [9.17, 15) is 9.59 Å². The van der Waals surface area contributed by atoms with Crippen molar-refractivity contribution in [2.45, 2.75) is 19.8 Å². The maximum atomic E-state index is 13.1. The molecule has 144 valence electrons. The number of fused-ring (bicyclic) bond motifs is 1. The first-order valence-corrected chi connectivity index (χ1v) is 9.75. The fourth-order valence-corrected chi connectivity index (χ4v) is 3.90. The molecule has 0 radical (unpaired) electrons. The Labute approximate surface area is 164 Å². The Morgan fingerprint density at radius 3 is 2.68 bits per heavy atom. The number of nitrogens with zero attached hydrogens (tertiary/aromatic N) is 1. The van der Waals surface area contributed by atoms with Gasteiger partial charge < -0.3 is 4.42 Å². The predicted molar refractivity (Wildman–Crippen MR) is 111 cm³/mol. The van der Waals surface area contributed by atoms with Crippen LogP contribution >= 0.6 is 0 Å². The number of benzene rings is 2. The Balaban J connectivity index is 1.69. The van der Waals surface area contributed by atoms with Crippen molar-refractivity contribution in [3.05, 3.63) is 64.8 Å². The molecule has 1 N–H and O–H groups in total. The molecule has 2 heterocycles. The number of piperidine rings is 1. The second-order valence-electron chi connectivity index (χ2n) is 7.53. The molecule has 4 rings (SSSR count). The number of amides is 1. The predicted octanol–water partition coefficient (Wildman–Crippen LogP) is 4.13. The number of hydrogen-bond acceptors (Lipinski definition) is 4. The van der Waals surface area contributed by atoms with Gasteiger partial charge in [0.15, 0.2) is 0 Å². The summed E-state index contributed by atoms with van der Waals surface area (Å²) < 4.78 is 5.96. The third-order valence-corrected chi connectivity index (χ3v) is 5.22. The molecule has 1 unspecified atom stereocenters. The van der Waals surface area contributed by atoms with E-state index in [2.05, 4.69) is 17.1 Å². The zero-order chi connectivity index (χ0) is 19.5. The van der Waals surface area contributed by atoms with Crippen LogP contribution in [0.2, 0.25) is 0 Å². The van der Waals surface area contributed by atoms with E-state index in [1.165, 1.54) is 6.42 Å². The summed E-state index contributed by atoms with van der Waals surface area (Å²) in [7, 11) is 0. The molecule has 5 nitrogen and oxygen atoms in total. The Morgan fingerprint density at radius 2 is 1.89 bits per heavy atom. The summed E-state index contributed by atoms with van der Waals surface area (Å²) >= 11 is 0. The van der Waals surface area contributed by atoms with Gasteiger partial charge in [0.2, 0.25) is 17.2 Å². The van der Waals surface area contributed by atoms with Gasteiger partial charge in [-0.15, -0.1) is 0 Å². The van der Waals surface area contributed by atoms with E-state index in [-0.39, 0.29) is 17.2 Å². The van der Waals surface area contributed by atoms with Gasteiger partial charge in [0.25, 0.3) is 0 Å². The molecule has 0 spiro atoms. The van der Waals surface area contributed by atoms with Crippen LogP contribution in [0.4, 0.5) is 5.88 Å². The molecule has 1 atom stereocenters. The number of rotatable bonds is 4. The monoisotopic (exact) mass is 376 g/mol. The van der Waals surface area contributed by atoms with E-state index in [0.717, 1.165) is 25.1 Å². The third kappa shape index (κ3) is 3.85. The summed E-state index contributed by atoms with van der Waals surface area (Å²) in [6.07, 6.45) is 2.31. The van der Waals surface area contributed by atoms with Gasteiger partial charge in [0.05, 0.1) is 17.5 Å². The molecule has 0 saturated carbocycles. The third-order valence-electron chi connectivity index (χ3n) is 5.22. The molecule has 5 heteroatoms. The average Bonchev–Trinajstić information content (AvgIpc) is 2.69. The molecule has 1 amide bonds. The topological polar surface area (TPSA) is 62.6 Å². The fraction of sp³-hybridized carbons (Fsp3) is 0.304. The van der Waals surface area contributed by atoms with Gasteiger partial charge in [-0.3, -0.25) is 19.8 Å². The van der Waals surface area contributed by atoms with E-state index in [0.29, 0.717) is 29.0 Å². The van der Waals surface area contributed by atoms with Crippen LogP contribution < -0.4 is 10.7 Å². The minimum Gasteiger partial charge on any atom is -0.439 e. The second-order valence-corrected chi connectivity index (χ2v) is 7.53. The number of likely N-dealkylation sites (tertiary alicyclic amines) is 1. The highest BCUT2D eigenvalue weighted by Gasteiger charge is 2.21. The maximum absolute atomic E-state index is 13.1. The number of carbonyl (C=O) groups is 1. The van der Waals surface area contributed by atoms with Crippen LogP contribution in [0.25, 0.3) is 22.1 Å². The van der Waals surface area contributed by atoms with E-state index in [1.54, 1.807) is 12.1 Å². The molecule has 1 aromatic heterocycles. The van der Waals surface area contributed by atoms with Crippen molar-refractivity contribution in [2.24, 2.45) is 5.92 Å². The standard InChI is InChI=1S/C23H24N2O3/c1-16-8-7-13-25(14-16)15-20(26)24-23-21(17-9-3-2-4-10-17)22(27)18-11-5-6-12-19(18)28-23/h2-6,9-12,16H,7-8,13-15H2,1H3,(H,24,26). The molecule has 1 fully saturated rings. The first-order chi connectivity index (χ1) is 13.6. The van der Waals surface area contributed by atoms with Gasteiger partial charge in [0.1, 0.15) is 5.58 Å². The zero-order valence-electron chi connectivity index (χ0n) is 16.0. The number of nitrogens with one attached hydrogen (secondary N) is 1. The number of carbonyl (C=O) groups excluding carboxylic acids is 1. The van der Waals surface area contributed by atoms with Crippen molar-refractivity contribution in [1.82, 2.24) is 4.90 Å². The Kier molecular flexibility index (Phi) is 5.26. The van der Waals surface area contributed by atoms with E-state index >= 15 is 0 Å². The Bertz CT molecular complexity index is 1040. The highest BCUT2D eigenvalue weighted by atomic mass is 16.4. The zero-order valence-corrected chi connectivity index (χ0v) is 16.0. The van der Waals surface area contributed by atoms with Crippen molar-refractivity contribution >= 4 is 22.8 Å². The maximum Gasteiger partial charge on any atom is 0.240 e. The van der Waals surface area contributed by atoms with Gasteiger partial charge in [-0.25, -0.2) is 0 Å².